The number of hydrogen-bond donors (Lipinski definition) is 0. The first-order valence-corrected chi connectivity index (χ1v) is 13.6. The second kappa shape index (κ2) is 12.7. The fraction of sp³-hybridized carbons (Fsp3) is 0.281. The number of Topliss-reactive ketones (excluding diaryl/α,β-unsaturated/α-hetero) is 2. The maximum absolute atomic E-state index is 13.4. The van der Waals surface area contributed by atoms with Crippen molar-refractivity contribution in [1.82, 2.24) is 20.0 Å². The van der Waals surface area contributed by atoms with Crippen LogP contribution in [-0.2, 0) is 11.2 Å². The molecule has 0 spiro atoms. The van der Waals surface area contributed by atoms with Gasteiger partial charge in [0.1, 0.15) is 5.69 Å². The van der Waals surface area contributed by atoms with Crippen molar-refractivity contribution in [2.75, 3.05) is 37.9 Å². The number of carbonyl (C=O) groups is 2. The van der Waals surface area contributed by atoms with Gasteiger partial charge in [-0.2, -0.15) is 0 Å². The maximum Gasteiger partial charge on any atom is 0.188 e. The van der Waals surface area contributed by atoms with Crippen LogP contribution in [0.1, 0.15) is 50.9 Å². The minimum absolute atomic E-state index is 0.253. The third kappa shape index (κ3) is 6.65. The first-order valence-electron chi connectivity index (χ1n) is 13.6. The first kappa shape index (κ1) is 27.3. The van der Waals surface area contributed by atoms with Crippen molar-refractivity contribution >= 4 is 17.4 Å². The third-order valence-electron chi connectivity index (χ3n) is 6.90. The van der Waals surface area contributed by atoms with E-state index in [2.05, 4.69) is 39.0 Å². The Labute approximate surface area is 234 Å². The average molecular weight is 536 g/mol. The van der Waals surface area contributed by atoms with E-state index in [0.717, 1.165) is 47.7 Å². The largest absolute Gasteiger partial charge is 0.379 e. The number of aryl methyl sites for hydroxylation is 1. The summed E-state index contributed by atoms with van der Waals surface area (Å²) in [7, 11) is 0. The van der Waals surface area contributed by atoms with Gasteiger partial charge in [0.05, 0.1) is 37.7 Å². The summed E-state index contributed by atoms with van der Waals surface area (Å²) in [4.78, 5) is 39.9. The number of ketones is 2. The van der Waals surface area contributed by atoms with Crippen LogP contribution in [0.25, 0.3) is 11.3 Å². The number of hydrogen-bond acceptors (Lipinski definition) is 8. The van der Waals surface area contributed by atoms with Crippen LogP contribution in [0.5, 0.6) is 0 Å². The molecule has 1 fully saturated rings. The van der Waals surface area contributed by atoms with Gasteiger partial charge in [-0.05, 0) is 67.3 Å². The molecule has 0 bridgehead atoms. The number of aromatic nitrogens is 3. The average Bonchev–Trinajstić information content (AvgIpc) is 2.98. The molecule has 0 aliphatic carbocycles. The lowest BCUT2D eigenvalue weighted by atomic mass is 9.95. The third-order valence-corrected chi connectivity index (χ3v) is 6.90. The molecular formula is C32H33N5O3. The molecule has 2 aromatic heterocycles. The second-order valence-electron chi connectivity index (χ2n) is 9.87. The predicted molar refractivity (Wildman–Crippen MR) is 154 cm³/mol. The summed E-state index contributed by atoms with van der Waals surface area (Å²) in [5.41, 5.74) is 5.23. The van der Waals surface area contributed by atoms with E-state index >= 15 is 0 Å². The van der Waals surface area contributed by atoms with Crippen LogP contribution < -0.4 is 5.01 Å². The van der Waals surface area contributed by atoms with Gasteiger partial charge in [0.2, 0.25) is 0 Å². The Morgan fingerprint density at radius 3 is 2.50 bits per heavy atom. The van der Waals surface area contributed by atoms with Gasteiger partial charge in [-0.1, -0.05) is 30.3 Å². The van der Waals surface area contributed by atoms with Crippen molar-refractivity contribution in [2.45, 2.75) is 26.7 Å². The normalized spacial score (nSPS) is 13.7. The summed E-state index contributed by atoms with van der Waals surface area (Å²) in [6.07, 6.45) is 5.46. The van der Waals surface area contributed by atoms with Crippen LogP contribution in [0.4, 0.5) is 5.82 Å². The molecular weight excluding hydrogens is 502 g/mol. The predicted octanol–water partition coefficient (Wildman–Crippen LogP) is 4.97. The molecule has 0 radical (unpaired) electrons. The molecule has 1 saturated heterocycles. The van der Waals surface area contributed by atoms with Crippen molar-refractivity contribution in [3.05, 3.63) is 107 Å². The summed E-state index contributed by atoms with van der Waals surface area (Å²) in [6, 6.07) is 19.4. The molecule has 40 heavy (non-hydrogen) atoms. The zero-order valence-corrected chi connectivity index (χ0v) is 22.9. The topological polar surface area (TPSA) is 88.5 Å². The van der Waals surface area contributed by atoms with E-state index in [0.29, 0.717) is 36.6 Å². The highest BCUT2D eigenvalue weighted by atomic mass is 16.5. The summed E-state index contributed by atoms with van der Waals surface area (Å²) < 4.78 is 5.52. The quantitative estimate of drug-likeness (QED) is 0.208. The fourth-order valence-corrected chi connectivity index (χ4v) is 4.88. The summed E-state index contributed by atoms with van der Waals surface area (Å²) in [5.74, 6) is 0.190. The van der Waals surface area contributed by atoms with Crippen molar-refractivity contribution in [3.63, 3.8) is 0 Å². The molecule has 4 aromatic rings. The minimum atomic E-state index is -0.297. The Hall–Kier alpha value is -4.27. The van der Waals surface area contributed by atoms with Gasteiger partial charge in [0.15, 0.2) is 17.4 Å². The Morgan fingerprint density at radius 1 is 0.950 bits per heavy atom. The summed E-state index contributed by atoms with van der Waals surface area (Å²) in [6.45, 7) is 7.64. The lowest BCUT2D eigenvalue weighted by molar-refractivity contribution is 0.0318. The number of anilines is 1. The summed E-state index contributed by atoms with van der Waals surface area (Å²) in [5, 5.41) is 4.34. The maximum atomic E-state index is 13.4. The fourth-order valence-electron chi connectivity index (χ4n) is 4.88. The van der Waals surface area contributed by atoms with Gasteiger partial charge in [-0.15, -0.1) is 0 Å². The highest BCUT2D eigenvalue weighted by Gasteiger charge is 2.21. The van der Waals surface area contributed by atoms with Gasteiger partial charge in [0, 0.05) is 37.0 Å². The van der Waals surface area contributed by atoms with Crippen molar-refractivity contribution in [3.8, 4) is 11.3 Å². The zero-order chi connectivity index (χ0) is 27.9. The Kier molecular flexibility index (Phi) is 8.68. The Balaban J connectivity index is 1.48. The van der Waals surface area contributed by atoms with Gasteiger partial charge in [-0.3, -0.25) is 24.6 Å². The molecule has 3 heterocycles. The smallest absolute Gasteiger partial charge is 0.188 e. The number of ether oxygens (including phenoxy) is 1. The van der Waals surface area contributed by atoms with E-state index in [1.165, 1.54) is 0 Å². The molecule has 8 heteroatoms. The molecule has 0 saturated carbocycles. The standard InChI is InChI=1S/C32H33N5O3/c1-3-37(36-11-13-40-14-12-36)32-22-33-21-29(35-32)26-17-25(16-24-7-5-4-6-8-24)18-27(19-26)30(38)20-31(39)28-15-23(2)9-10-34-28/h4-10,15,17-19,21-22H,3,11-14,16,20H2,1-2H3. The molecule has 2 aromatic carbocycles. The van der Waals surface area contributed by atoms with Crippen LogP contribution in [0.2, 0.25) is 0 Å². The molecule has 0 amide bonds. The number of carbonyl (C=O) groups excluding carboxylic acids is 2. The number of pyridine rings is 1. The van der Waals surface area contributed by atoms with Gasteiger partial charge >= 0.3 is 0 Å². The number of morpholine rings is 1. The second-order valence-corrected chi connectivity index (χ2v) is 9.87. The first-order chi connectivity index (χ1) is 19.5. The van der Waals surface area contributed by atoms with Crippen LogP contribution in [0.3, 0.4) is 0 Å². The number of rotatable bonds is 10. The molecule has 0 N–H and O–H groups in total. The monoisotopic (exact) mass is 535 g/mol. The minimum Gasteiger partial charge on any atom is -0.379 e. The van der Waals surface area contributed by atoms with Gasteiger partial charge < -0.3 is 4.74 Å². The van der Waals surface area contributed by atoms with E-state index in [9.17, 15) is 9.59 Å². The van der Waals surface area contributed by atoms with Gasteiger partial charge in [-0.25, -0.2) is 9.99 Å². The van der Waals surface area contributed by atoms with Crippen LogP contribution >= 0.6 is 0 Å². The highest BCUT2D eigenvalue weighted by Crippen LogP contribution is 2.26. The van der Waals surface area contributed by atoms with E-state index < -0.39 is 0 Å². The van der Waals surface area contributed by atoms with E-state index in [4.69, 9.17) is 9.72 Å². The highest BCUT2D eigenvalue weighted by molar-refractivity contribution is 6.13. The van der Waals surface area contributed by atoms with Crippen LogP contribution in [0, 0.1) is 6.92 Å². The number of nitrogens with zero attached hydrogens (tertiary/aromatic N) is 5. The Morgan fingerprint density at radius 2 is 1.75 bits per heavy atom. The molecule has 0 unspecified atom stereocenters. The molecule has 1 aliphatic rings. The van der Waals surface area contributed by atoms with Crippen molar-refractivity contribution in [2.24, 2.45) is 0 Å². The molecule has 8 nitrogen and oxygen atoms in total. The molecule has 1 aliphatic heterocycles. The van der Waals surface area contributed by atoms with E-state index in [-0.39, 0.29) is 18.0 Å². The van der Waals surface area contributed by atoms with Crippen molar-refractivity contribution in [1.29, 1.82) is 0 Å². The summed E-state index contributed by atoms with van der Waals surface area (Å²) >= 11 is 0. The number of benzene rings is 2. The zero-order valence-electron chi connectivity index (χ0n) is 22.9. The lowest BCUT2D eigenvalue weighted by Gasteiger charge is -2.37. The van der Waals surface area contributed by atoms with Crippen LogP contribution in [0.15, 0.2) is 79.3 Å². The molecule has 5 rings (SSSR count). The Bertz CT molecular complexity index is 1490. The van der Waals surface area contributed by atoms with E-state index in [1.807, 2.05) is 49.4 Å². The van der Waals surface area contributed by atoms with Crippen molar-refractivity contribution < 1.29 is 14.3 Å². The molecule has 0 atom stereocenters. The number of hydrazine groups is 1. The lowest BCUT2D eigenvalue weighted by Crippen LogP contribution is -2.49. The van der Waals surface area contributed by atoms with Gasteiger partial charge in [0.25, 0.3) is 0 Å². The molecule has 204 valence electrons. The SMILES string of the molecule is CCN(c1cncc(-c2cc(Cc3ccccc3)cc(C(=O)CC(=O)c3cc(C)ccn3)c2)n1)N1CCOCC1. The van der Waals surface area contributed by atoms with Crippen LogP contribution in [-0.4, -0.2) is 64.4 Å². The van der Waals surface area contributed by atoms with E-state index in [1.54, 1.807) is 24.7 Å².